The molecular formula is C11H25N3. The Morgan fingerprint density at radius 2 is 1.71 bits per heavy atom. The molecule has 0 amide bonds. The minimum atomic E-state index is 0.0758. The lowest BCUT2D eigenvalue weighted by Gasteiger charge is -2.33. The Hall–Kier alpha value is -0.380. The lowest BCUT2D eigenvalue weighted by molar-refractivity contribution is 0.207. The minimum absolute atomic E-state index is 0.0758. The van der Waals surface area contributed by atoms with Gasteiger partial charge in [-0.25, -0.2) is 10.9 Å². The fourth-order valence-corrected chi connectivity index (χ4v) is 1.71. The van der Waals surface area contributed by atoms with Crippen LogP contribution in [0.4, 0.5) is 0 Å². The molecule has 84 valence electrons. The molecule has 0 aliphatic carbocycles. The van der Waals surface area contributed by atoms with Crippen molar-refractivity contribution in [1.29, 1.82) is 0 Å². The van der Waals surface area contributed by atoms with Gasteiger partial charge in [0.15, 0.2) is 0 Å². The van der Waals surface area contributed by atoms with E-state index in [1.807, 2.05) is 6.08 Å². The van der Waals surface area contributed by atoms with E-state index in [1.54, 1.807) is 0 Å². The Bertz CT molecular complexity index is 168. The quantitative estimate of drug-likeness (QED) is 0.348. The van der Waals surface area contributed by atoms with Gasteiger partial charge in [0.05, 0.1) is 0 Å². The third kappa shape index (κ3) is 8.23. The highest BCUT2D eigenvalue weighted by atomic mass is 15.6. The van der Waals surface area contributed by atoms with Crippen LogP contribution in [0.1, 0.15) is 41.0 Å². The van der Waals surface area contributed by atoms with E-state index in [4.69, 9.17) is 0 Å². The molecular weight excluding hydrogens is 174 g/mol. The van der Waals surface area contributed by atoms with Crippen LogP contribution in [-0.4, -0.2) is 12.1 Å². The maximum atomic E-state index is 3.62. The van der Waals surface area contributed by atoms with E-state index in [9.17, 15) is 0 Å². The predicted molar refractivity (Wildman–Crippen MR) is 62.6 cm³/mol. The molecule has 0 aliphatic rings. The number of hydrogen-bond donors (Lipinski definition) is 3. The van der Waals surface area contributed by atoms with E-state index in [0.717, 1.165) is 13.0 Å². The van der Waals surface area contributed by atoms with E-state index in [1.165, 1.54) is 0 Å². The molecule has 3 nitrogen and oxygen atoms in total. The van der Waals surface area contributed by atoms with E-state index in [-0.39, 0.29) is 5.54 Å². The molecule has 0 aliphatic heterocycles. The van der Waals surface area contributed by atoms with Crippen LogP contribution in [0.25, 0.3) is 0 Å². The molecule has 0 aromatic heterocycles. The van der Waals surface area contributed by atoms with Crippen LogP contribution in [-0.2, 0) is 0 Å². The molecule has 0 unspecified atom stereocenters. The summed E-state index contributed by atoms with van der Waals surface area (Å²) in [6.45, 7) is 15.5. The van der Waals surface area contributed by atoms with E-state index in [0.29, 0.717) is 5.41 Å². The van der Waals surface area contributed by atoms with Crippen LogP contribution < -0.4 is 16.4 Å². The molecule has 3 N–H and O–H groups in total. The highest BCUT2D eigenvalue weighted by Gasteiger charge is 2.24. The molecule has 0 aromatic carbocycles. The van der Waals surface area contributed by atoms with Crippen molar-refractivity contribution < 1.29 is 0 Å². The molecule has 0 aromatic rings. The summed E-state index contributed by atoms with van der Waals surface area (Å²) in [4.78, 5) is 0. The van der Waals surface area contributed by atoms with Crippen molar-refractivity contribution in [3.8, 4) is 0 Å². The number of nitrogens with one attached hydrogen (secondary N) is 3. The zero-order valence-electron chi connectivity index (χ0n) is 10.2. The van der Waals surface area contributed by atoms with Crippen molar-refractivity contribution in [2.24, 2.45) is 5.41 Å². The first-order valence-corrected chi connectivity index (χ1v) is 5.13. The van der Waals surface area contributed by atoms with Gasteiger partial charge in [-0.3, -0.25) is 0 Å². The maximum absolute atomic E-state index is 3.62. The lowest BCUT2D eigenvalue weighted by atomic mass is 9.82. The maximum Gasteiger partial charge on any atom is 0.0291 e. The van der Waals surface area contributed by atoms with E-state index in [2.05, 4.69) is 57.6 Å². The Morgan fingerprint density at radius 3 is 2.14 bits per heavy atom. The molecule has 0 saturated heterocycles. The summed E-state index contributed by atoms with van der Waals surface area (Å²) in [5, 5.41) is 0. The van der Waals surface area contributed by atoms with Crippen LogP contribution in [0.2, 0.25) is 0 Å². The van der Waals surface area contributed by atoms with Gasteiger partial charge in [0.1, 0.15) is 0 Å². The first-order valence-electron chi connectivity index (χ1n) is 5.13. The van der Waals surface area contributed by atoms with Crippen molar-refractivity contribution in [3.63, 3.8) is 0 Å². The van der Waals surface area contributed by atoms with Crippen molar-refractivity contribution in [2.45, 2.75) is 46.6 Å². The van der Waals surface area contributed by atoms with Gasteiger partial charge in [-0.2, -0.15) is 5.53 Å². The van der Waals surface area contributed by atoms with Gasteiger partial charge in [-0.1, -0.05) is 26.8 Å². The van der Waals surface area contributed by atoms with Crippen molar-refractivity contribution in [3.05, 3.63) is 12.7 Å². The summed E-state index contributed by atoms with van der Waals surface area (Å²) in [6, 6.07) is 0. The number of hydrogen-bond acceptors (Lipinski definition) is 3. The third-order valence-electron chi connectivity index (χ3n) is 1.71. The zero-order chi connectivity index (χ0) is 11.2. The molecule has 0 saturated carbocycles. The van der Waals surface area contributed by atoms with Crippen LogP contribution >= 0.6 is 0 Å². The van der Waals surface area contributed by atoms with Gasteiger partial charge < -0.3 is 0 Å². The molecule has 14 heavy (non-hydrogen) atoms. The van der Waals surface area contributed by atoms with Gasteiger partial charge in [-0.05, 0) is 25.7 Å². The number of hydrazine groups is 2. The average Bonchev–Trinajstić information content (AvgIpc) is 1.93. The Kier molecular flexibility index (Phi) is 5.34. The normalized spacial score (nSPS) is 12.9. The summed E-state index contributed by atoms with van der Waals surface area (Å²) >= 11 is 0. The zero-order valence-corrected chi connectivity index (χ0v) is 10.2. The van der Waals surface area contributed by atoms with E-state index < -0.39 is 0 Å². The van der Waals surface area contributed by atoms with Gasteiger partial charge in [0, 0.05) is 12.1 Å². The lowest BCUT2D eigenvalue weighted by Crippen LogP contribution is -2.55. The third-order valence-corrected chi connectivity index (χ3v) is 1.71. The molecule has 3 heteroatoms. The van der Waals surface area contributed by atoms with Crippen LogP contribution in [0.3, 0.4) is 0 Å². The van der Waals surface area contributed by atoms with Crippen molar-refractivity contribution in [1.82, 2.24) is 16.4 Å². The monoisotopic (exact) mass is 199 g/mol. The predicted octanol–water partition coefficient (Wildman–Crippen LogP) is 1.99. The second-order valence-electron chi connectivity index (χ2n) is 5.54. The minimum Gasteiger partial charge on any atom is -0.240 e. The van der Waals surface area contributed by atoms with E-state index >= 15 is 0 Å². The molecule has 0 bridgehead atoms. The van der Waals surface area contributed by atoms with Crippen LogP contribution in [0, 0.1) is 5.41 Å². The Balaban J connectivity index is 3.77. The van der Waals surface area contributed by atoms with Crippen molar-refractivity contribution >= 4 is 0 Å². The highest BCUT2D eigenvalue weighted by Crippen LogP contribution is 2.26. The molecule has 0 atom stereocenters. The highest BCUT2D eigenvalue weighted by molar-refractivity contribution is 4.81. The summed E-state index contributed by atoms with van der Waals surface area (Å²) in [6.07, 6.45) is 2.91. The largest absolute Gasteiger partial charge is 0.240 e. The van der Waals surface area contributed by atoms with Gasteiger partial charge >= 0.3 is 0 Å². The fourth-order valence-electron chi connectivity index (χ4n) is 1.71. The second-order valence-corrected chi connectivity index (χ2v) is 5.54. The topological polar surface area (TPSA) is 36.1 Å². The molecule has 0 radical (unpaired) electrons. The Morgan fingerprint density at radius 1 is 1.14 bits per heavy atom. The summed E-state index contributed by atoms with van der Waals surface area (Å²) in [5.74, 6) is 0. The molecule has 0 heterocycles. The Labute approximate surface area is 88.3 Å². The molecule has 0 fully saturated rings. The summed E-state index contributed by atoms with van der Waals surface area (Å²) in [7, 11) is 0. The van der Waals surface area contributed by atoms with Gasteiger partial charge in [0.2, 0.25) is 0 Å². The standard InChI is InChI=1S/C11H25N3/c1-7-8-12-14-13-11(5,6)9-10(2,3)4/h7,12-14H,1,8-9H2,2-6H3. The van der Waals surface area contributed by atoms with Gasteiger partial charge in [-0.15, -0.1) is 6.58 Å². The molecule has 0 rings (SSSR count). The van der Waals surface area contributed by atoms with Crippen LogP contribution in [0.5, 0.6) is 0 Å². The SMILES string of the molecule is C=CCNNNC(C)(C)CC(C)(C)C. The first-order chi connectivity index (χ1) is 6.27. The second kappa shape index (κ2) is 5.49. The first kappa shape index (κ1) is 13.6. The van der Waals surface area contributed by atoms with Gasteiger partial charge in [0.25, 0.3) is 0 Å². The van der Waals surface area contributed by atoms with Crippen molar-refractivity contribution in [2.75, 3.05) is 6.54 Å². The molecule has 0 spiro atoms. The summed E-state index contributed by atoms with van der Waals surface area (Å²) in [5.41, 5.74) is 9.62. The average molecular weight is 199 g/mol. The summed E-state index contributed by atoms with van der Waals surface area (Å²) < 4.78 is 0. The smallest absolute Gasteiger partial charge is 0.0291 e. The fraction of sp³-hybridized carbons (Fsp3) is 0.818. The van der Waals surface area contributed by atoms with Crippen LogP contribution in [0.15, 0.2) is 12.7 Å². The number of rotatable bonds is 6.